The number of ether oxygens (including phenoxy) is 1. The number of hydrogen-bond donors (Lipinski definition) is 1. The van der Waals surface area contributed by atoms with E-state index in [1.165, 1.54) is 12.1 Å². The van der Waals surface area contributed by atoms with Gasteiger partial charge >= 0.3 is 0 Å². The largest absolute Gasteiger partial charge is 0.496 e. The molecule has 2 aromatic heterocycles. The highest BCUT2D eigenvalue weighted by atomic mass is 32.2. The van der Waals surface area contributed by atoms with Crippen molar-refractivity contribution in [3.05, 3.63) is 66.5 Å². The maximum absolute atomic E-state index is 13.7. The van der Waals surface area contributed by atoms with Crippen LogP contribution >= 0.6 is 11.8 Å². The Kier molecular flexibility index (Phi) is 5.39. The standard InChI is InChI=1S/C20H16FN5O2S/c1-28-17-9-5-2-6-13(17)15-10-11-18-23-24-20(26(18)25-15)29-12-19(27)22-16-8-4-3-7-14(16)21/h2-11H,12H2,1H3,(H,22,27). The van der Waals surface area contributed by atoms with Gasteiger partial charge in [0.05, 0.1) is 24.2 Å². The van der Waals surface area contributed by atoms with E-state index in [4.69, 9.17) is 4.74 Å². The molecular formula is C20H16FN5O2S. The van der Waals surface area contributed by atoms with E-state index in [0.29, 0.717) is 22.2 Å². The SMILES string of the molecule is COc1ccccc1-c1ccc2nnc(SCC(=O)Nc3ccccc3F)n2n1. The van der Waals surface area contributed by atoms with Crippen LogP contribution < -0.4 is 10.1 Å². The van der Waals surface area contributed by atoms with Crippen molar-refractivity contribution < 1.29 is 13.9 Å². The molecule has 4 rings (SSSR count). The topological polar surface area (TPSA) is 81.4 Å². The Hall–Kier alpha value is -3.46. The number of methoxy groups -OCH3 is 1. The first-order valence-corrected chi connectivity index (χ1v) is 9.67. The molecule has 9 heteroatoms. The van der Waals surface area contributed by atoms with Gasteiger partial charge in [-0.3, -0.25) is 4.79 Å². The zero-order chi connectivity index (χ0) is 20.2. The summed E-state index contributed by atoms with van der Waals surface area (Å²) in [5.41, 5.74) is 2.22. The van der Waals surface area contributed by atoms with Crippen LogP contribution in [0.3, 0.4) is 0 Å². The quantitative estimate of drug-likeness (QED) is 0.490. The number of nitrogens with one attached hydrogen (secondary N) is 1. The normalized spacial score (nSPS) is 10.8. The number of benzene rings is 2. The van der Waals surface area contributed by atoms with Crippen molar-refractivity contribution in [2.45, 2.75) is 5.16 Å². The van der Waals surface area contributed by atoms with Crippen LogP contribution in [-0.4, -0.2) is 38.6 Å². The Balaban J connectivity index is 1.54. The van der Waals surface area contributed by atoms with E-state index in [2.05, 4.69) is 20.6 Å². The van der Waals surface area contributed by atoms with E-state index in [-0.39, 0.29) is 17.3 Å². The van der Waals surface area contributed by atoms with Crippen LogP contribution in [0.5, 0.6) is 5.75 Å². The summed E-state index contributed by atoms with van der Waals surface area (Å²) < 4.78 is 20.6. The van der Waals surface area contributed by atoms with Gasteiger partial charge in [0.2, 0.25) is 11.1 Å². The first-order valence-electron chi connectivity index (χ1n) is 8.69. The molecule has 2 heterocycles. The smallest absolute Gasteiger partial charge is 0.234 e. The molecule has 0 atom stereocenters. The van der Waals surface area contributed by atoms with Gasteiger partial charge < -0.3 is 10.1 Å². The number of halogens is 1. The summed E-state index contributed by atoms with van der Waals surface area (Å²) in [7, 11) is 1.60. The summed E-state index contributed by atoms with van der Waals surface area (Å²) in [5, 5.41) is 15.8. The van der Waals surface area contributed by atoms with Crippen LogP contribution in [-0.2, 0) is 4.79 Å². The fourth-order valence-electron chi connectivity index (χ4n) is 2.74. The molecule has 0 fully saturated rings. The number of rotatable bonds is 6. The fraction of sp³-hybridized carbons (Fsp3) is 0.100. The van der Waals surface area contributed by atoms with Gasteiger partial charge in [-0.15, -0.1) is 10.2 Å². The average Bonchev–Trinajstić information content (AvgIpc) is 3.16. The second-order valence-electron chi connectivity index (χ2n) is 5.99. The van der Waals surface area contributed by atoms with Crippen molar-refractivity contribution in [2.24, 2.45) is 0 Å². The summed E-state index contributed by atoms with van der Waals surface area (Å²) in [6.45, 7) is 0. The first-order chi connectivity index (χ1) is 14.2. The van der Waals surface area contributed by atoms with E-state index >= 15 is 0 Å². The fourth-order valence-corrected chi connectivity index (χ4v) is 3.43. The van der Waals surface area contributed by atoms with Gasteiger partial charge in [0.1, 0.15) is 11.6 Å². The molecule has 0 spiro atoms. The highest BCUT2D eigenvalue weighted by molar-refractivity contribution is 7.99. The van der Waals surface area contributed by atoms with Gasteiger partial charge in [0, 0.05) is 5.56 Å². The molecule has 2 aromatic carbocycles. The number of para-hydroxylation sites is 2. The van der Waals surface area contributed by atoms with Gasteiger partial charge in [0.15, 0.2) is 5.65 Å². The predicted molar refractivity (Wildman–Crippen MR) is 109 cm³/mol. The van der Waals surface area contributed by atoms with E-state index in [1.807, 2.05) is 30.3 Å². The van der Waals surface area contributed by atoms with Crippen molar-refractivity contribution >= 4 is 29.0 Å². The molecule has 29 heavy (non-hydrogen) atoms. The highest BCUT2D eigenvalue weighted by Crippen LogP contribution is 2.28. The zero-order valence-corrected chi connectivity index (χ0v) is 16.2. The van der Waals surface area contributed by atoms with Gasteiger partial charge in [-0.25, -0.2) is 4.39 Å². The maximum Gasteiger partial charge on any atom is 0.234 e. The minimum atomic E-state index is -0.484. The lowest BCUT2D eigenvalue weighted by Gasteiger charge is -2.08. The lowest BCUT2D eigenvalue weighted by atomic mass is 10.1. The Morgan fingerprint density at radius 1 is 1.10 bits per heavy atom. The summed E-state index contributed by atoms with van der Waals surface area (Å²) in [6.07, 6.45) is 0. The molecule has 0 saturated carbocycles. The number of amides is 1. The minimum Gasteiger partial charge on any atom is -0.496 e. The molecule has 0 unspecified atom stereocenters. The molecule has 1 N–H and O–H groups in total. The Bertz CT molecular complexity index is 1180. The van der Waals surface area contributed by atoms with Gasteiger partial charge in [-0.05, 0) is 36.4 Å². The molecule has 4 aromatic rings. The van der Waals surface area contributed by atoms with E-state index < -0.39 is 5.82 Å². The number of carbonyl (C=O) groups excluding carboxylic acids is 1. The zero-order valence-electron chi connectivity index (χ0n) is 15.4. The van der Waals surface area contributed by atoms with Gasteiger partial charge in [0.25, 0.3) is 0 Å². The molecule has 0 saturated heterocycles. The third-order valence-corrected chi connectivity index (χ3v) is 5.02. The van der Waals surface area contributed by atoms with Crippen molar-refractivity contribution in [1.29, 1.82) is 0 Å². The lowest BCUT2D eigenvalue weighted by molar-refractivity contribution is -0.113. The summed E-state index contributed by atoms with van der Waals surface area (Å²) in [4.78, 5) is 12.2. The van der Waals surface area contributed by atoms with Gasteiger partial charge in [-0.1, -0.05) is 36.0 Å². The number of fused-ring (bicyclic) bond motifs is 1. The summed E-state index contributed by atoms with van der Waals surface area (Å²) in [5.74, 6) is -0.0964. The van der Waals surface area contributed by atoms with Crippen molar-refractivity contribution in [1.82, 2.24) is 19.8 Å². The number of hydrogen-bond acceptors (Lipinski definition) is 6. The number of nitrogens with zero attached hydrogens (tertiary/aromatic N) is 4. The molecule has 0 radical (unpaired) electrons. The summed E-state index contributed by atoms with van der Waals surface area (Å²) in [6, 6.07) is 17.2. The molecule has 7 nitrogen and oxygen atoms in total. The van der Waals surface area contributed by atoms with Crippen molar-refractivity contribution in [3.63, 3.8) is 0 Å². The van der Waals surface area contributed by atoms with Crippen LogP contribution in [0.25, 0.3) is 16.9 Å². The van der Waals surface area contributed by atoms with Gasteiger partial charge in [-0.2, -0.15) is 9.61 Å². The molecule has 146 valence electrons. The number of carbonyl (C=O) groups is 1. The van der Waals surface area contributed by atoms with Crippen LogP contribution in [0.2, 0.25) is 0 Å². The number of thioether (sulfide) groups is 1. The second kappa shape index (κ2) is 8.27. The third-order valence-electron chi connectivity index (χ3n) is 4.10. The van der Waals surface area contributed by atoms with Crippen LogP contribution in [0.4, 0.5) is 10.1 Å². The monoisotopic (exact) mass is 409 g/mol. The highest BCUT2D eigenvalue weighted by Gasteiger charge is 2.14. The summed E-state index contributed by atoms with van der Waals surface area (Å²) >= 11 is 1.16. The van der Waals surface area contributed by atoms with Crippen molar-refractivity contribution in [3.8, 4) is 17.0 Å². The predicted octanol–water partition coefficient (Wildman–Crippen LogP) is 3.67. The first kappa shape index (κ1) is 18.9. The molecule has 0 bridgehead atoms. The lowest BCUT2D eigenvalue weighted by Crippen LogP contribution is -2.15. The van der Waals surface area contributed by atoms with Crippen LogP contribution in [0.15, 0.2) is 65.8 Å². The number of aromatic nitrogens is 4. The Labute approximate surface area is 169 Å². The van der Waals surface area contributed by atoms with E-state index in [9.17, 15) is 9.18 Å². The number of anilines is 1. The molecule has 1 amide bonds. The molecule has 0 aliphatic rings. The van der Waals surface area contributed by atoms with E-state index in [0.717, 1.165) is 17.3 Å². The van der Waals surface area contributed by atoms with E-state index in [1.54, 1.807) is 29.8 Å². The maximum atomic E-state index is 13.7. The molecular weight excluding hydrogens is 393 g/mol. The molecule has 0 aliphatic carbocycles. The minimum absolute atomic E-state index is 0.0374. The van der Waals surface area contributed by atoms with Crippen molar-refractivity contribution in [2.75, 3.05) is 18.2 Å². The Morgan fingerprint density at radius 2 is 1.90 bits per heavy atom. The van der Waals surface area contributed by atoms with Crippen LogP contribution in [0, 0.1) is 5.82 Å². The second-order valence-corrected chi connectivity index (χ2v) is 6.93. The Morgan fingerprint density at radius 3 is 2.72 bits per heavy atom. The van der Waals surface area contributed by atoms with Crippen LogP contribution in [0.1, 0.15) is 0 Å². The average molecular weight is 409 g/mol. The molecule has 0 aliphatic heterocycles. The third kappa shape index (κ3) is 4.04.